The summed E-state index contributed by atoms with van der Waals surface area (Å²) in [6, 6.07) is 10.6. The minimum absolute atomic E-state index is 0.346. The van der Waals surface area contributed by atoms with Crippen molar-refractivity contribution in [3.63, 3.8) is 0 Å². The quantitative estimate of drug-likeness (QED) is 0.815. The van der Waals surface area contributed by atoms with Crippen LogP contribution in [0.2, 0.25) is 0 Å². The van der Waals surface area contributed by atoms with Crippen molar-refractivity contribution >= 4 is 0 Å². The summed E-state index contributed by atoms with van der Waals surface area (Å²) in [6.07, 6.45) is 1.89. The summed E-state index contributed by atoms with van der Waals surface area (Å²) in [5.74, 6) is 0.530. The first-order valence-corrected chi connectivity index (χ1v) is 7.02. The normalized spacial score (nSPS) is 12.8. The van der Waals surface area contributed by atoms with Gasteiger partial charge in [-0.2, -0.15) is 5.10 Å². The highest BCUT2D eigenvalue weighted by Crippen LogP contribution is 2.20. The molecule has 0 aliphatic rings. The third-order valence-electron chi connectivity index (χ3n) is 3.49. The number of rotatable bonds is 7. The van der Waals surface area contributed by atoms with Gasteiger partial charge in [-0.1, -0.05) is 44.2 Å². The Morgan fingerprint density at radius 2 is 2.00 bits per heavy atom. The van der Waals surface area contributed by atoms with Crippen molar-refractivity contribution in [2.24, 2.45) is 5.92 Å². The number of aromatic amines is 1. The highest BCUT2D eigenvalue weighted by Gasteiger charge is 2.14. The zero-order chi connectivity index (χ0) is 14.4. The third kappa shape index (κ3) is 3.68. The lowest BCUT2D eigenvalue weighted by Gasteiger charge is -2.21. The second-order valence-corrected chi connectivity index (χ2v) is 5.32. The molecule has 0 bridgehead atoms. The molecule has 1 aromatic carbocycles. The number of methoxy groups -OCH3 is 1. The van der Waals surface area contributed by atoms with E-state index in [0.717, 1.165) is 24.4 Å². The van der Waals surface area contributed by atoms with Gasteiger partial charge in [0.05, 0.1) is 18.5 Å². The average Bonchev–Trinajstić information content (AvgIpc) is 2.92. The minimum atomic E-state index is 0.346. The summed E-state index contributed by atoms with van der Waals surface area (Å²) in [5, 5.41) is 10.8. The molecule has 4 nitrogen and oxygen atoms in total. The van der Waals surface area contributed by atoms with Crippen molar-refractivity contribution in [3.8, 4) is 11.3 Å². The number of ether oxygens (including phenoxy) is 1. The lowest BCUT2D eigenvalue weighted by molar-refractivity contribution is 0.146. The predicted molar refractivity (Wildman–Crippen MR) is 81.4 cm³/mol. The van der Waals surface area contributed by atoms with E-state index in [9.17, 15) is 0 Å². The number of hydrogen-bond acceptors (Lipinski definition) is 3. The van der Waals surface area contributed by atoms with E-state index >= 15 is 0 Å². The number of nitrogens with zero attached hydrogens (tertiary/aromatic N) is 1. The van der Waals surface area contributed by atoms with Gasteiger partial charge in [-0.25, -0.2) is 0 Å². The summed E-state index contributed by atoms with van der Waals surface area (Å²) < 4.78 is 5.26. The van der Waals surface area contributed by atoms with Crippen LogP contribution in [-0.4, -0.2) is 30.0 Å². The Bertz CT molecular complexity index is 507. The molecule has 0 fully saturated rings. The van der Waals surface area contributed by atoms with Crippen LogP contribution in [0.1, 0.15) is 19.4 Å². The molecular formula is C16H23N3O. The highest BCUT2D eigenvalue weighted by molar-refractivity contribution is 5.62. The van der Waals surface area contributed by atoms with Gasteiger partial charge in [0, 0.05) is 25.3 Å². The Morgan fingerprint density at radius 3 is 2.65 bits per heavy atom. The maximum Gasteiger partial charge on any atom is 0.0695 e. The molecule has 0 saturated carbocycles. The molecule has 20 heavy (non-hydrogen) atoms. The van der Waals surface area contributed by atoms with Gasteiger partial charge in [-0.05, 0) is 11.5 Å². The Labute approximate surface area is 120 Å². The number of benzene rings is 1. The largest absolute Gasteiger partial charge is 0.383 e. The SMILES string of the molecule is COCC(NCc1cn[nH]c1-c1ccccc1)C(C)C. The van der Waals surface area contributed by atoms with Gasteiger partial charge in [0.1, 0.15) is 0 Å². The van der Waals surface area contributed by atoms with E-state index in [1.54, 1.807) is 7.11 Å². The molecule has 1 aromatic heterocycles. The number of H-pyrrole nitrogens is 1. The van der Waals surface area contributed by atoms with Crippen molar-refractivity contribution in [1.82, 2.24) is 15.5 Å². The second kappa shape index (κ2) is 7.22. The maximum absolute atomic E-state index is 5.26. The molecule has 108 valence electrons. The van der Waals surface area contributed by atoms with Crippen LogP contribution in [-0.2, 0) is 11.3 Å². The smallest absolute Gasteiger partial charge is 0.0695 e. The predicted octanol–water partition coefficient (Wildman–Crippen LogP) is 2.84. The Hall–Kier alpha value is -1.65. The Balaban J connectivity index is 2.06. The fourth-order valence-corrected chi connectivity index (χ4v) is 2.21. The standard InChI is InChI=1S/C16H23N3O/c1-12(2)15(11-20-3)17-9-14-10-18-19-16(14)13-7-5-4-6-8-13/h4-8,10,12,15,17H,9,11H2,1-3H3,(H,18,19). The summed E-state index contributed by atoms with van der Waals surface area (Å²) in [7, 11) is 1.74. The highest BCUT2D eigenvalue weighted by atomic mass is 16.5. The van der Waals surface area contributed by atoms with Gasteiger partial charge in [0.2, 0.25) is 0 Å². The molecule has 4 heteroatoms. The summed E-state index contributed by atoms with van der Waals surface area (Å²) in [6.45, 7) is 5.90. The van der Waals surface area contributed by atoms with Gasteiger partial charge in [0.15, 0.2) is 0 Å². The van der Waals surface area contributed by atoms with Crippen molar-refractivity contribution in [3.05, 3.63) is 42.1 Å². The van der Waals surface area contributed by atoms with E-state index < -0.39 is 0 Å². The molecule has 1 heterocycles. The van der Waals surface area contributed by atoms with Gasteiger partial charge in [-0.15, -0.1) is 0 Å². The molecule has 0 aliphatic heterocycles. The lowest BCUT2D eigenvalue weighted by Crippen LogP contribution is -2.37. The van der Waals surface area contributed by atoms with E-state index in [1.165, 1.54) is 5.56 Å². The zero-order valence-electron chi connectivity index (χ0n) is 12.4. The molecule has 0 radical (unpaired) electrons. The van der Waals surface area contributed by atoms with Crippen LogP contribution < -0.4 is 5.32 Å². The maximum atomic E-state index is 5.26. The minimum Gasteiger partial charge on any atom is -0.383 e. The molecule has 0 amide bonds. The van der Waals surface area contributed by atoms with Gasteiger partial charge in [-0.3, -0.25) is 5.10 Å². The molecule has 0 spiro atoms. The zero-order valence-corrected chi connectivity index (χ0v) is 12.4. The molecule has 2 N–H and O–H groups in total. The summed E-state index contributed by atoms with van der Waals surface area (Å²) in [5.41, 5.74) is 3.42. The Morgan fingerprint density at radius 1 is 1.25 bits per heavy atom. The summed E-state index contributed by atoms with van der Waals surface area (Å²) in [4.78, 5) is 0. The molecule has 2 rings (SSSR count). The van der Waals surface area contributed by atoms with E-state index in [4.69, 9.17) is 4.74 Å². The van der Waals surface area contributed by atoms with Gasteiger partial charge < -0.3 is 10.1 Å². The van der Waals surface area contributed by atoms with Crippen LogP contribution >= 0.6 is 0 Å². The lowest BCUT2D eigenvalue weighted by atomic mass is 10.0. The van der Waals surface area contributed by atoms with Crippen LogP contribution in [0.3, 0.4) is 0 Å². The van der Waals surface area contributed by atoms with E-state index in [2.05, 4.69) is 41.5 Å². The van der Waals surface area contributed by atoms with E-state index in [0.29, 0.717) is 12.0 Å². The molecule has 1 unspecified atom stereocenters. The molecule has 2 aromatic rings. The monoisotopic (exact) mass is 273 g/mol. The third-order valence-corrected chi connectivity index (χ3v) is 3.49. The van der Waals surface area contributed by atoms with Crippen molar-refractivity contribution in [1.29, 1.82) is 0 Å². The fourth-order valence-electron chi connectivity index (χ4n) is 2.21. The molecule has 0 aliphatic carbocycles. The van der Waals surface area contributed by atoms with Crippen LogP contribution in [0.15, 0.2) is 36.5 Å². The van der Waals surface area contributed by atoms with E-state index in [-0.39, 0.29) is 0 Å². The Kier molecular flexibility index (Phi) is 5.32. The number of aromatic nitrogens is 2. The molecule has 0 saturated heterocycles. The molecular weight excluding hydrogens is 250 g/mol. The second-order valence-electron chi connectivity index (χ2n) is 5.32. The van der Waals surface area contributed by atoms with E-state index in [1.807, 2.05) is 24.4 Å². The van der Waals surface area contributed by atoms with Crippen molar-refractivity contribution in [2.45, 2.75) is 26.4 Å². The number of hydrogen-bond donors (Lipinski definition) is 2. The van der Waals surface area contributed by atoms with Crippen LogP contribution in [0.5, 0.6) is 0 Å². The van der Waals surface area contributed by atoms with Crippen molar-refractivity contribution in [2.75, 3.05) is 13.7 Å². The topological polar surface area (TPSA) is 49.9 Å². The fraction of sp³-hybridized carbons (Fsp3) is 0.438. The molecule has 1 atom stereocenters. The van der Waals surface area contributed by atoms with Gasteiger partial charge >= 0.3 is 0 Å². The first-order valence-electron chi connectivity index (χ1n) is 7.02. The van der Waals surface area contributed by atoms with Crippen LogP contribution in [0.25, 0.3) is 11.3 Å². The number of nitrogens with one attached hydrogen (secondary N) is 2. The average molecular weight is 273 g/mol. The first-order chi connectivity index (χ1) is 9.72. The van der Waals surface area contributed by atoms with Crippen LogP contribution in [0.4, 0.5) is 0 Å². The van der Waals surface area contributed by atoms with Gasteiger partial charge in [0.25, 0.3) is 0 Å². The van der Waals surface area contributed by atoms with Crippen LogP contribution in [0, 0.1) is 5.92 Å². The summed E-state index contributed by atoms with van der Waals surface area (Å²) >= 11 is 0. The van der Waals surface area contributed by atoms with Crippen molar-refractivity contribution < 1.29 is 4.74 Å². The first kappa shape index (κ1) is 14.8.